The number of ketones is 1. The Morgan fingerprint density at radius 2 is 2.17 bits per heavy atom. The highest BCUT2D eigenvalue weighted by atomic mass is 16.6. The molecule has 0 aromatic heterocycles. The van der Waals surface area contributed by atoms with Crippen LogP contribution in [0.4, 0.5) is 4.79 Å². The molecule has 0 saturated heterocycles. The Morgan fingerprint density at radius 1 is 1.56 bits per heavy atom. The van der Waals surface area contributed by atoms with E-state index in [1.165, 1.54) is 11.0 Å². The summed E-state index contributed by atoms with van der Waals surface area (Å²) < 4.78 is 5.25. The fourth-order valence-electron chi connectivity index (χ4n) is 1.89. The van der Waals surface area contributed by atoms with Gasteiger partial charge >= 0.3 is 6.09 Å². The van der Waals surface area contributed by atoms with Gasteiger partial charge in [-0.05, 0) is 38.8 Å². The van der Waals surface area contributed by atoms with Gasteiger partial charge in [0.05, 0.1) is 19.2 Å². The smallest absolute Gasteiger partial charge is 0.411 e. The molecule has 102 valence electrons. The third kappa shape index (κ3) is 3.57. The summed E-state index contributed by atoms with van der Waals surface area (Å²) in [6.45, 7) is 6.94. The summed E-state index contributed by atoms with van der Waals surface area (Å²) in [4.78, 5) is 24.9. The van der Waals surface area contributed by atoms with E-state index in [0.717, 1.165) is 5.57 Å². The predicted octanol–water partition coefficient (Wildman–Crippen LogP) is 1.50. The van der Waals surface area contributed by atoms with E-state index in [0.29, 0.717) is 6.42 Å². The fourth-order valence-corrected chi connectivity index (χ4v) is 1.89. The maximum atomic E-state index is 12.0. The van der Waals surface area contributed by atoms with Crippen molar-refractivity contribution in [2.24, 2.45) is 0 Å². The molecule has 0 fully saturated rings. The summed E-state index contributed by atoms with van der Waals surface area (Å²) in [5, 5.41) is 9.39. The summed E-state index contributed by atoms with van der Waals surface area (Å²) >= 11 is 0. The number of aliphatic hydroxyl groups excluding tert-OH is 1. The van der Waals surface area contributed by atoms with Gasteiger partial charge in [-0.1, -0.05) is 6.92 Å². The molecule has 1 rings (SSSR count). The number of ether oxygens (including phenoxy) is 1. The molecule has 1 N–H and O–H groups in total. The highest BCUT2D eigenvalue weighted by Crippen LogP contribution is 2.21. The van der Waals surface area contributed by atoms with Gasteiger partial charge < -0.3 is 9.84 Å². The average Bonchev–Trinajstić information content (AvgIpc) is 2.25. The minimum Gasteiger partial charge on any atom is -0.444 e. The first kappa shape index (κ1) is 14.7. The van der Waals surface area contributed by atoms with Gasteiger partial charge in [0.15, 0.2) is 5.78 Å². The third-order valence-corrected chi connectivity index (χ3v) is 2.69. The predicted molar refractivity (Wildman–Crippen MR) is 67.2 cm³/mol. The summed E-state index contributed by atoms with van der Waals surface area (Å²) in [6, 6.07) is -0.456. The van der Waals surface area contributed by atoms with Gasteiger partial charge in [-0.25, -0.2) is 4.79 Å². The normalized spacial score (nSPS) is 20.7. The van der Waals surface area contributed by atoms with Gasteiger partial charge in [0, 0.05) is 0 Å². The number of carbonyl (C=O) groups excluding carboxylic acids is 2. The van der Waals surface area contributed by atoms with Crippen LogP contribution in [0.5, 0.6) is 0 Å². The molecule has 0 bridgehead atoms. The van der Waals surface area contributed by atoms with Crippen molar-refractivity contribution in [2.75, 3.05) is 13.2 Å². The SMILES string of the molecule is CCC1=CC(=O)CN(C(=O)OC(C)(C)C)[C@@H]1CO. The van der Waals surface area contributed by atoms with Crippen molar-refractivity contribution in [1.29, 1.82) is 0 Å². The highest BCUT2D eigenvalue weighted by molar-refractivity contribution is 5.95. The van der Waals surface area contributed by atoms with Crippen molar-refractivity contribution in [3.05, 3.63) is 11.6 Å². The maximum Gasteiger partial charge on any atom is 0.411 e. The van der Waals surface area contributed by atoms with Gasteiger partial charge in [-0.3, -0.25) is 9.69 Å². The molecule has 0 saturated carbocycles. The van der Waals surface area contributed by atoms with Gasteiger partial charge in [0.2, 0.25) is 0 Å². The molecule has 5 nitrogen and oxygen atoms in total. The molecule has 0 aliphatic carbocycles. The fraction of sp³-hybridized carbons (Fsp3) is 0.692. The van der Waals surface area contributed by atoms with E-state index >= 15 is 0 Å². The van der Waals surface area contributed by atoms with E-state index in [1.807, 2.05) is 6.92 Å². The van der Waals surface area contributed by atoms with Crippen LogP contribution >= 0.6 is 0 Å². The molecule has 1 amide bonds. The van der Waals surface area contributed by atoms with Crippen LogP contribution in [0.2, 0.25) is 0 Å². The van der Waals surface area contributed by atoms with Crippen LogP contribution in [0.1, 0.15) is 34.1 Å². The van der Waals surface area contributed by atoms with Crippen molar-refractivity contribution in [2.45, 2.75) is 45.8 Å². The molecule has 1 aliphatic rings. The standard InChI is InChI=1S/C13H21NO4/c1-5-9-6-10(16)7-14(11(9)8-15)12(17)18-13(2,3)4/h6,11,15H,5,7-8H2,1-4H3/t11-/m1/s1. The summed E-state index contributed by atoms with van der Waals surface area (Å²) in [6.07, 6.45) is 1.58. The number of hydrogen-bond acceptors (Lipinski definition) is 4. The lowest BCUT2D eigenvalue weighted by Crippen LogP contribution is -2.50. The quantitative estimate of drug-likeness (QED) is 0.812. The Balaban J connectivity index is 2.91. The molecule has 0 aromatic rings. The van der Waals surface area contributed by atoms with Crippen molar-refractivity contribution < 1.29 is 19.4 Å². The minimum atomic E-state index is -0.617. The highest BCUT2D eigenvalue weighted by Gasteiger charge is 2.33. The Labute approximate surface area is 107 Å². The molecule has 0 unspecified atom stereocenters. The summed E-state index contributed by atoms with van der Waals surface area (Å²) in [5.74, 6) is -0.137. The van der Waals surface area contributed by atoms with E-state index in [-0.39, 0.29) is 18.9 Å². The van der Waals surface area contributed by atoms with Crippen LogP contribution in [0.3, 0.4) is 0 Å². The maximum absolute atomic E-state index is 12.0. The number of carbonyl (C=O) groups is 2. The van der Waals surface area contributed by atoms with Crippen LogP contribution < -0.4 is 0 Å². The Morgan fingerprint density at radius 3 is 2.61 bits per heavy atom. The zero-order valence-electron chi connectivity index (χ0n) is 11.4. The molecule has 0 spiro atoms. The van der Waals surface area contributed by atoms with Crippen molar-refractivity contribution in [1.82, 2.24) is 4.90 Å². The van der Waals surface area contributed by atoms with Gasteiger partial charge in [0.25, 0.3) is 0 Å². The number of aliphatic hydroxyl groups is 1. The van der Waals surface area contributed by atoms with Crippen LogP contribution in [0.25, 0.3) is 0 Å². The van der Waals surface area contributed by atoms with E-state index in [1.54, 1.807) is 20.8 Å². The van der Waals surface area contributed by atoms with Gasteiger partial charge in [0.1, 0.15) is 5.60 Å². The van der Waals surface area contributed by atoms with Crippen LogP contribution in [0.15, 0.2) is 11.6 Å². The Hall–Kier alpha value is -1.36. The number of nitrogens with zero attached hydrogens (tertiary/aromatic N) is 1. The van der Waals surface area contributed by atoms with E-state index in [4.69, 9.17) is 4.74 Å². The number of hydrogen-bond donors (Lipinski definition) is 1. The third-order valence-electron chi connectivity index (χ3n) is 2.69. The van der Waals surface area contributed by atoms with E-state index in [9.17, 15) is 14.7 Å². The molecule has 0 aromatic carbocycles. The first-order valence-corrected chi connectivity index (χ1v) is 6.12. The zero-order valence-corrected chi connectivity index (χ0v) is 11.4. The first-order chi connectivity index (χ1) is 8.28. The minimum absolute atomic E-state index is 0.0381. The largest absolute Gasteiger partial charge is 0.444 e. The second-order valence-electron chi connectivity index (χ2n) is 5.35. The molecule has 1 aliphatic heterocycles. The number of rotatable bonds is 2. The van der Waals surface area contributed by atoms with E-state index < -0.39 is 17.7 Å². The molecule has 18 heavy (non-hydrogen) atoms. The number of amides is 1. The lowest BCUT2D eigenvalue weighted by molar-refractivity contribution is -0.117. The molecule has 0 radical (unpaired) electrons. The van der Waals surface area contributed by atoms with Crippen molar-refractivity contribution >= 4 is 11.9 Å². The lowest BCUT2D eigenvalue weighted by atomic mass is 9.98. The molecular weight excluding hydrogens is 234 g/mol. The van der Waals surface area contributed by atoms with Crippen LogP contribution in [-0.2, 0) is 9.53 Å². The van der Waals surface area contributed by atoms with Gasteiger partial charge in [-0.2, -0.15) is 0 Å². The Kier molecular flexibility index (Phi) is 4.51. The second kappa shape index (κ2) is 5.52. The summed E-state index contributed by atoms with van der Waals surface area (Å²) in [5.41, 5.74) is 0.146. The zero-order chi connectivity index (χ0) is 13.9. The molecule has 5 heteroatoms. The average molecular weight is 255 g/mol. The van der Waals surface area contributed by atoms with Crippen molar-refractivity contribution in [3.63, 3.8) is 0 Å². The topological polar surface area (TPSA) is 66.8 Å². The second-order valence-corrected chi connectivity index (χ2v) is 5.35. The van der Waals surface area contributed by atoms with E-state index in [2.05, 4.69) is 0 Å². The van der Waals surface area contributed by atoms with Gasteiger partial charge in [-0.15, -0.1) is 0 Å². The lowest BCUT2D eigenvalue weighted by Gasteiger charge is -2.35. The molecule has 1 heterocycles. The monoisotopic (exact) mass is 255 g/mol. The van der Waals surface area contributed by atoms with Crippen LogP contribution in [-0.4, -0.2) is 46.7 Å². The van der Waals surface area contributed by atoms with Crippen molar-refractivity contribution in [3.8, 4) is 0 Å². The Bertz CT molecular complexity index is 368. The molecule has 1 atom stereocenters. The van der Waals surface area contributed by atoms with Crippen LogP contribution in [0, 0.1) is 0 Å². The summed E-state index contributed by atoms with van der Waals surface area (Å²) in [7, 11) is 0. The first-order valence-electron chi connectivity index (χ1n) is 6.12. The molecular formula is C13H21NO4.